The Morgan fingerprint density at radius 1 is 1.24 bits per heavy atom. The standard InChI is InChI=1S/C18H15BrFN/c19-16-10-13(7-8-17(16)20)11-18(12-21)9-3-5-14-4-1-2-6-15(14)18/h1-2,4,6-8,10H,3,5,9,11H2. The predicted molar refractivity (Wildman–Crippen MR) is 84.5 cm³/mol. The van der Waals surface area contributed by atoms with E-state index in [-0.39, 0.29) is 5.82 Å². The summed E-state index contributed by atoms with van der Waals surface area (Å²) in [6, 6.07) is 15.8. The van der Waals surface area contributed by atoms with Crippen molar-refractivity contribution < 1.29 is 4.39 Å². The Morgan fingerprint density at radius 3 is 2.81 bits per heavy atom. The maximum Gasteiger partial charge on any atom is 0.137 e. The van der Waals surface area contributed by atoms with Crippen molar-refractivity contribution in [2.24, 2.45) is 0 Å². The molecule has 2 aromatic carbocycles. The first kappa shape index (κ1) is 14.3. The van der Waals surface area contributed by atoms with E-state index in [9.17, 15) is 9.65 Å². The minimum Gasteiger partial charge on any atom is -0.206 e. The second-order valence-electron chi connectivity index (χ2n) is 5.63. The molecule has 0 fully saturated rings. The Hall–Kier alpha value is -1.66. The Balaban J connectivity index is 2.02. The molecule has 0 amide bonds. The Labute approximate surface area is 132 Å². The second kappa shape index (κ2) is 5.61. The zero-order chi connectivity index (χ0) is 14.9. The Kier molecular flexibility index (Phi) is 3.82. The summed E-state index contributed by atoms with van der Waals surface area (Å²) in [4.78, 5) is 0. The van der Waals surface area contributed by atoms with Crippen molar-refractivity contribution in [1.82, 2.24) is 0 Å². The number of aryl methyl sites for hydroxylation is 1. The molecule has 106 valence electrons. The molecule has 21 heavy (non-hydrogen) atoms. The van der Waals surface area contributed by atoms with Crippen molar-refractivity contribution in [3.63, 3.8) is 0 Å². The highest BCUT2D eigenvalue weighted by Gasteiger charge is 2.36. The fourth-order valence-corrected chi connectivity index (χ4v) is 3.68. The summed E-state index contributed by atoms with van der Waals surface area (Å²) in [5, 5.41) is 9.84. The zero-order valence-corrected chi connectivity index (χ0v) is 13.2. The van der Waals surface area contributed by atoms with E-state index in [0.29, 0.717) is 10.9 Å². The first-order valence-electron chi connectivity index (χ1n) is 7.08. The summed E-state index contributed by atoms with van der Waals surface area (Å²) >= 11 is 3.22. The van der Waals surface area contributed by atoms with Crippen molar-refractivity contribution in [3.05, 3.63) is 69.4 Å². The topological polar surface area (TPSA) is 23.8 Å². The number of hydrogen-bond acceptors (Lipinski definition) is 1. The molecule has 1 unspecified atom stereocenters. The maximum atomic E-state index is 13.4. The van der Waals surface area contributed by atoms with Crippen molar-refractivity contribution in [1.29, 1.82) is 5.26 Å². The van der Waals surface area contributed by atoms with E-state index in [1.54, 1.807) is 12.1 Å². The van der Waals surface area contributed by atoms with Gasteiger partial charge in [0.25, 0.3) is 0 Å². The summed E-state index contributed by atoms with van der Waals surface area (Å²) in [5.74, 6) is -0.270. The van der Waals surface area contributed by atoms with Gasteiger partial charge >= 0.3 is 0 Å². The van der Waals surface area contributed by atoms with Crippen LogP contribution in [0.4, 0.5) is 4.39 Å². The molecule has 1 aliphatic carbocycles. The monoisotopic (exact) mass is 343 g/mol. The minimum absolute atomic E-state index is 0.270. The molecule has 3 rings (SSSR count). The zero-order valence-electron chi connectivity index (χ0n) is 11.6. The smallest absolute Gasteiger partial charge is 0.137 e. The molecule has 0 bridgehead atoms. The van der Waals surface area contributed by atoms with E-state index in [4.69, 9.17) is 0 Å². The first-order valence-corrected chi connectivity index (χ1v) is 7.87. The third-order valence-electron chi connectivity index (χ3n) is 4.29. The van der Waals surface area contributed by atoms with Crippen molar-refractivity contribution in [2.45, 2.75) is 31.1 Å². The molecule has 0 saturated carbocycles. The molecule has 0 heterocycles. The van der Waals surface area contributed by atoms with Gasteiger partial charge in [0.2, 0.25) is 0 Å². The van der Waals surface area contributed by atoms with Gasteiger partial charge in [-0.05, 0) is 70.4 Å². The molecule has 1 atom stereocenters. The highest BCUT2D eigenvalue weighted by atomic mass is 79.9. The number of benzene rings is 2. The molecule has 1 nitrogen and oxygen atoms in total. The first-order chi connectivity index (χ1) is 10.1. The minimum atomic E-state index is -0.494. The molecule has 0 saturated heterocycles. The van der Waals surface area contributed by atoms with Crippen molar-refractivity contribution >= 4 is 15.9 Å². The Morgan fingerprint density at radius 2 is 2.05 bits per heavy atom. The van der Waals surface area contributed by atoms with Gasteiger partial charge in [0.05, 0.1) is 16.0 Å². The summed E-state index contributed by atoms with van der Waals surface area (Å²) in [5.41, 5.74) is 2.90. The van der Waals surface area contributed by atoms with Crippen molar-refractivity contribution in [3.8, 4) is 6.07 Å². The third kappa shape index (κ3) is 2.61. The van der Waals surface area contributed by atoms with E-state index < -0.39 is 5.41 Å². The van der Waals surface area contributed by atoms with Crippen LogP contribution in [0.25, 0.3) is 0 Å². The normalized spacial score (nSPS) is 20.6. The largest absolute Gasteiger partial charge is 0.206 e. The van der Waals surface area contributed by atoms with E-state index in [1.165, 1.54) is 11.6 Å². The van der Waals surface area contributed by atoms with Crippen LogP contribution in [0.1, 0.15) is 29.5 Å². The van der Waals surface area contributed by atoms with E-state index in [2.05, 4.69) is 34.1 Å². The molecule has 0 spiro atoms. The van der Waals surface area contributed by atoms with Crippen LogP contribution in [-0.2, 0) is 18.3 Å². The molecule has 3 heteroatoms. The summed E-state index contributed by atoms with van der Waals surface area (Å²) < 4.78 is 13.8. The number of halogens is 2. The van der Waals surface area contributed by atoms with Gasteiger partial charge in [-0.2, -0.15) is 5.26 Å². The number of nitriles is 1. The maximum absolute atomic E-state index is 13.4. The van der Waals surface area contributed by atoms with E-state index in [0.717, 1.165) is 30.4 Å². The second-order valence-corrected chi connectivity index (χ2v) is 6.48. The highest BCUT2D eigenvalue weighted by Crippen LogP contribution is 2.39. The van der Waals surface area contributed by atoms with Gasteiger partial charge in [0.1, 0.15) is 5.82 Å². The number of hydrogen-bond donors (Lipinski definition) is 0. The average molecular weight is 344 g/mol. The summed E-state index contributed by atoms with van der Waals surface area (Å²) in [6.45, 7) is 0. The van der Waals surface area contributed by atoms with Gasteiger partial charge in [0, 0.05) is 0 Å². The third-order valence-corrected chi connectivity index (χ3v) is 4.89. The van der Waals surface area contributed by atoms with Gasteiger partial charge in [-0.25, -0.2) is 4.39 Å². The fraction of sp³-hybridized carbons (Fsp3) is 0.278. The van der Waals surface area contributed by atoms with Crippen LogP contribution in [-0.4, -0.2) is 0 Å². The highest BCUT2D eigenvalue weighted by molar-refractivity contribution is 9.10. The molecule has 0 radical (unpaired) electrons. The SMILES string of the molecule is N#CC1(Cc2ccc(F)c(Br)c2)CCCc2ccccc21. The quantitative estimate of drug-likeness (QED) is 0.758. The van der Waals surface area contributed by atoms with E-state index in [1.807, 2.05) is 12.1 Å². The lowest BCUT2D eigenvalue weighted by Gasteiger charge is -2.33. The van der Waals surface area contributed by atoms with Crippen LogP contribution in [0.15, 0.2) is 46.9 Å². The van der Waals surface area contributed by atoms with Crippen molar-refractivity contribution in [2.75, 3.05) is 0 Å². The van der Waals surface area contributed by atoms with E-state index >= 15 is 0 Å². The molecule has 2 aromatic rings. The van der Waals surface area contributed by atoms with Crippen LogP contribution >= 0.6 is 15.9 Å². The summed E-state index contributed by atoms with van der Waals surface area (Å²) in [6.07, 6.45) is 3.54. The lowest BCUT2D eigenvalue weighted by Crippen LogP contribution is -2.31. The Bertz CT molecular complexity index is 719. The van der Waals surface area contributed by atoms with Crippen LogP contribution in [0, 0.1) is 17.1 Å². The van der Waals surface area contributed by atoms with Gasteiger partial charge in [-0.1, -0.05) is 30.3 Å². The van der Waals surface area contributed by atoms with Gasteiger partial charge in [0.15, 0.2) is 0 Å². The van der Waals surface area contributed by atoms with Crippen LogP contribution in [0.5, 0.6) is 0 Å². The predicted octanol–water partition coefficient (Wildman–Crippen LogP) is 4.93. The number of fused-ring (bicyclic) bond motifs is 1. The fourth-order valence-electron chi connectivity index (χ4n) is 3.26. The molecule has 0 aromatic heterocycles. The lowest BCUT2D eigenvalue weighted by molar-refractivity contribution is 0.450. The molecule has 1 aliphatic rings. The summed E-state index contributed by atoms with van der Waals surface area (Å²) in [7, 11) is 0. The van der Waals surface area contributed by atoms with Crippen LogP contribution < -0.4 is 0 Å². The van der Waals surface area contributed by atoms with Crippen LogP contribution in [0.2, 0.25) is 0 Å². The number of rotatable bonds is 2. The number of nitrogens with zero attached hydrogens (tertiary/aromatic N) is 1. The van der Waals surface area contributed by atoms with Gasteiger partial charge in [-0.3, -0.25) is 0 Å². The lowest BCUT2D eigenvalue weighted by atomic mass is 9.68. The molecule has 0 aliphatic heterocycles. The van der Waals surface area contributed by atoms with Gasteiger partial charge < -0.3 is 0 Å². The average Bonchev–Trinajstić information content (AvgIpc) is 2.51. The molecule has 0 N–H and O–H groups in total. The van der Waals surface area contributed by atoms with Gasteiger partial charge in [-0.15, -0.1) is 0 Å². The molecular weight excluding hydrogens is 329 g/mol. The molecular formula is C18H15BrFN. The van der Waals surface area contributed by atoms with Crippen LogP contribution in [0.3, 0.4) is 0 Å².